The van der Waals surface area contributed by atoms with E-state index in [4.69, 9.17) is 0 Å². The maximum atomic E-state index is 12.3. The molecule has 1 N–H and O–H groups in total. The summed E-state index contributed by atoms with van der Waals surface area (Å²) in [5.74, 6) is 0.859. The molecule has 1 saturated heterocycles. The summed E-state index contributed by atoms with van der Waals surface area (Å²) in [6, 6.07) is 0.923. The molecular weight excluding hydrogens is 409 g/mol. The molecule has 3 rings (SSSR count). The van der Waals surface area contributed by atoms with Gasteiger partial charge in [0.1, 0.15) is 6.54 Å². The van der Waals surface area contributed by atoms with Crippen LogP contribution in [0, 0.1) is 0 Å². The van der Waals surface area contributed by atoms with Crippen LogP contribution in [0.1, 0.15) is 25.7 Å². The summed E-state index contributed by atoms with van der Waals surface area (Å²) >= 11 is 0. The van der Waals surface area contributed by atoms with Gasteiger partial charge in [-0.2, -0.15) is 0 Å². The third-order valence-corrected chi connectivity index (χ3v) is 4.32. The lowest BCUT2D eigenvalue weighted by Gasteiger charge is -2.36. The van der Waals surface area contributed by atoms with Crippen LogP contribution in [-0.2, 0) is 9.59 Å². The second-order valence-electron chi connectivity index (χ2n) is 6.59. The number of likely N-dealkylation sites (N-methyl/N-ethyl adjacent to an activating group) is 1. The van der Waals surface area contributed by atoms with Gasteiger partial charge in [0.05, 0.1) is 6.54 Å². The number of rotatable bonds is 4. The highest BCUT2D eigenvalue weighted by molar-refractivity contribution is 14.0. The van der Waals surface area contributed by atoms with E-state index in [1.807, 2.05) is 9.80 Å². The Balaban J connectivity index is 0.00000192. The van der Waals surface area contributed by atoms with Crippen molar-refractivity contribution in [2.24, 2.45) is 4.99 Å². The molecule has 8 heteroatoms. The van der Waals surface area contributed by atoms with Gasteiger partial charge >= 0.3 is 0 Å². The Bertz CT molecular complexity index is 488. The fourth-order valence-corrected chi connectivity index (χ4v) is 2.57. The largest absolute Gasteiger partial charge is 0.353 e. The predicted octanol–water partition coefficient (Wildman–Crippen LogP) is 0.107. The number of halogens is 1. The highest BCUT2D eigenvalue weighted by Gasteiger charge is 2.37. The predicted molar refractivity (Wildman–Crippen MR) is 98.9 cm³/mol. The molecule has 23 heavy (non-hydrogen) atoms. The topological polar surface area (TPSA) is 68.2 Å². The average Bonchev–Trinajstić information content (AvgIpc) is 3.36. The van der Waals surface area contributed by atoms with Crippen molar-refractivity contribution >= 4 is 41.8 Å². The fraction of sp³-hybridized carbons (Fsp3) is 0.800. The van der Waals surface area contributed by atoms with Gasteiger partial charge in [-0.1, -0.05) is 0 Å². The number of nitrogens with zero attached hydrogens (tertiary/aromatic N) is 4. The standard InChI is InChI=1S/C15H25N5O2.HI/c1-18(2)13(21)9-16-15(17-11-3-4-11)19-7-8-20(12-5-6-12)14(22)10-19;/h11-12H,3-10H2,1-2H3,(H,16,17);1H. The van der Waals surface area contributed by atoms with Gasteiger partial charge in [-0.15, -0.1) is 24.0 Å². The first-order chi connectivity index (χ1) is 10.5. The molecule has 0 unspecified atom stereocenters. The quantitative estimate of drug-likeness (QED) is 0.387. The van der Waals surface area contributed by atoms with Gasteiger partial charge < -0.3 is 20.0 Å². The van der Waals surface area contributed by atoms with Crippen molar-refractivity contribution < 1.29 is 9.59 Å². The molecule has 3 aliphatic rings. The lowest BCUT2D eigenvalue weighted by molar-refractivity contribution is -0.135. The zero-order valence-corrected chi connectivity index (χ0v) is 16.2. The Morgan fingerprint density at radius 3 is 2.48 bits per heavy atom. The van der Waals surface area contributed by atoms with E-state index >= 15 is 0 Å². The Kier molecular flexibility index (Phi) is 6.10. The minimum atomic E-state index is -0.0296. The van der Waals surface area contributed by atoms with Crippen LogP contribution in [-0.4, -0.2) is 84.8 Å². The van der Waals surface area contributed by atoms with Gasteiger partial charge in [-0.25, -0.2) is 4.99 Å². The Hall–Kier alpha value is -1.06. The van der Waals surface area contributed by atoms with E-state index in [0.717, 1.165) is 38.8 Å². The number of guanidine groups is 1. The highest BCUT2D eigenvalue weighted by Crippen LogP contribution is 2.28. The summed E-state index contributed by atoms with van der Waals surface area (Å²) in [7, 11) is 3.45. The molecule has 1 heterocycles. The van der Waals surface area contributed by atoms with Crippen molar-refractivity contribution in [3.05, 3.63) is 0 Å². The molecule has 0 radical (unpaired) electrons. The molecule has 2 saturated carbocycles. The van der Waals surface area contributed by atoms with Crippen LogP contribution >= 0.6 is 24.0 Å². The van der Waals surface area contributed by atoms with Crippen LogP contribution < -0.4 is 5.32 Å². The van der Waals surface area contributed by atoms with Crippen LogP contribution in [0.15, 0.2) is 4.99 Å². The van der Waals surface area contributed by atoms with Crippen LogP contribution in [0.3, 0.4) is 0 Å². The second-order valence-corrected chi connectivity index (χ2v) is 6.59. The lowest BCUT2D eigenvalue weighted by atomic mass is 10.3. The third kappa shape index (κ3) is 4.95. The van der Waals surface area contributed by atoms with Gasteiger partial charge in [-0.05, 0) is 25.7 Å². The number of aliphatic imine (C=N–C) groups is 1. The molecular formula is C15H26IN5O2. The molecule has 0 aromatic heterocycles. The first kappa shape index (κ1) is 18.3. The highest BCUT2D eigenvalue weighted by atomic mass is 127. The smallest absolute Gasteiger partial charge is 0.243 e. The van der Waals surface area contributed by atoms with Crippen molar-refractivity contribution in [3.8, 4) is 0 Å². The van der Waals surface area contributed by atoms with Gasteiger partial charge in [-0.3, -0.25) is 9.59 Å². The van der Waals surface area contributed by atoms with E-state index in [1.54, 1.807) is 14.1 Å². The van der Waals surface area contributed by atoms with Crippen LogP contribution in [0.2, 0.25) is 0 Å². The molecule has 0 aromatic rings. The summed E-state index contributed by atoms with van der Waals surface area (Å²) in [4.78, 5) is 34.0. The summed E-state index contributed by atoms with van der Waals surface area (Å²) in [6.07, 6.45) is 4.56. The fourth-order valence-electron chi connectivity index (χ4n) is 2.57. The molecule has 0 bridgehead atoms. The molecule has 7 nitrogen and oxygen atoms in total. The van der Waals surface area contributed by atoms with Gasteiger partial charge in [0.15, 0.2) is 5.96 Å². The number of carbonyl (C=O) groups excluding carboxylic acids is 2. The molecule has 1 aliphatic heterocycles. The minimum Gasteiger partial charge on any atom is -0.353 e. The molecule has 0 spiro atoms. The summed E-state index contributed by atoms with van der Waals surface area (Å²) in [5, 5.41) is 3.37. The Labute approximate surface area is 154 Å². The van der Waals surface area contributed by atoms with Crippen molar-refractivity contribution in [1.29, 1.82) is 0 Å². The molecule has 3 fully saturated rings. The molecule has 0 atom stereocenters. The van der Waals surface area contributed by atoms with E-state index in [2.05, 4.69) is 10.3 Å². The van der Waals surface area contributed by atoms with Gasteiger partial charge in [0, 0.05) is 39.3 Å². The first-order valence-electron chi connectivity index (χ1n) is 8.10. The molecule has 130 valence electrons. The molecule has 2 aliphatic carbocycles. The number of amides is 2. The van der Waals surface area contributed by atoms with Crippen molar-refractivity contribution in [2.75, 3.05) is 40.3 Å². The van der Waals surface area contributed by atoms with Crippen LogP contribution in [0.5, 0.6) is 0 Å². The molecule has 2 amide bonds. The van der Waals surface area contributed by atoms with Gasteiger partial charge in [0.2, 0.25) is 11.8 Å². The van der Waals surface area contributed by atoms with Crippen LogP contribution in [0.25, 0.3) is 0 Å². The third-order valence-electron chi connectivity index (χ3n) is 4.32. The maximum Gasteiger partial charge on any atom is 0.243 e. The number of piperazine rings is 1. The Morgan fingerprint density at radius 1 is 1.26 bits per heavy atom. The lowest BCUT2D eigenvalue weighted by Crippen LogP contribution is -2.56. The summed E-state index contributed by atoms with van der Waals surface area (Å²) in [6.45, 7) is 2.04. The van der Waals surface area contributed by atoms with E-state index in [9.17, 15) is 9.59 Å². The van der Waals surface area contributed by atoms with Crippen molar-refractivity contribution in [1.82, 2.24) is 20.0 Å². The number of carbonyl (C=O) groups is 2. The second kappa shape index (κ2) is 7.67. The first-order valence-corrected chi connectivity index (χ1v) is 8.10. The zero-order valence-electron chi connectivity index (χ0n) is 13.8. The van der Waals surface area contributed by atoms with E-state index < -0.39 is 0 Å². The molecule has 0 aromatic carbocycles. The maximum absolute atomic E-state index is 12.3. The zero-order chi connectivity index (χ0) is 15.7. The normalized spacial score (nSPS) is 21.8. The summed E-state index contributed by atoms with van der Waals surface area (Å²) in [5.41, 5.74) is 0. The SMILES string of the molecule is CN(C)C(=O)CN=C(NC1CC1)N1CCN(C2CC2)C(=O)C1.I. The van der Waals surface area contributed by atoms with Crippen molar-refractivity contribution in [3.63, 3.8) is 0 Å². The van der Waals surface area contributed by atoms with Crippen molar-refractivity contribution in [2.45, 2.75) is 37.8 Å². The minimum absolute atomic E-state index is 0. The van der Waals surface area contributed by atoms with E-state index in [1.165, 1.54) is 4.90 Å². The number of nitrogens with one attached hydrogen (secondary N) is 1. The van der Waals surface area contributed by atoms with E-state index in [-0.39, 0.29) is 42.3 Å². The van der Waals surface area contributed by atoms with E-state index in [0.29, 0.717) is 24.6 Å². The number of hydrogen-bond acceptors (Lipinski definition) is 3. The monoisotopic (exact) mass is 435 g/mol. The Morgan fingerprint density at radius 2 is 1.96 bits per heavy atom. The van der Waals surface area contributed by atoms with Crippen LogP contribution in [0.4, 0.5) is 0 Å². The van der Waals surface area contributed by atoms with Gasteiger partial charge in [0.25, 0.3) is 0 Å². The summed E-state index contributed by atoms with van der Waals surface area (Å²) < 4.78 is 0. The average molecular weight is 435 g/mol. The number of hydrogen-bond donors (Lipinski definition) is 1.